The molecule has 0 aromatic heterocycles. The number of hydrogen-bond acceptors (Lipinski definition) is 3. The molecule has 0 aliphatic carbocycles. The molecule has 90 valence electrons. The monoisotopic (exact) mass is 370 g/mol. The quantitative estimate of drug-likeness (QED) is 0.348. The fourth-order valence-electron chi connectivity index (χ4n) is 0.708. The van der Waals surface area contributed by atoms with Gasteiger partial charge in [0.2, 0.25) is 0 Å². The van der Waals surface area contributed by atoms with Gasteiger partial charge in [-0.3, -0.25) is 0 Å². The lowest BCUT2D eigenvalue weighted by Crippen LogP contribution is -2.28. The molecule has 0 heterocycles. The summed E-state index contributed by atoms with van der Waals surface area (Å²) in [4.78, 5) is 0. The average molecular weight is 370 g/mol. The minimum absolute atomic E-state index is 0.0783. The molecular weight excluding hydrogens is 367 g/mol. The molecule has 0 atom stereocenters. The van der Waals surface area contributed by atoms with Gasteiger partial charge in [0.1, 0.15) is 5.82 Å². The summed E-state index contributed by atoms with van der Waals surface area (Å²) in [6.07, 6.45) is 0. The summed E-state index contributed by atoms with van der Waals surface area (Å²) >= 11 is 1.46. The summed E-state index contributed by atoms with van der Waals surface area (Å²) in [5.41, 5.74) is -5.51. The van der Waals surface area contributed by atoms with Crippen LogP contribution in [-0.2, 0) is 10.1 Å². The first-order valence-electron chi connectivity index (χ1n) is 3.59. The molecule has 0 amide bonds. The Morgan fingerprint density at radius 1 is 1.25 bits per heavy atom. The van der Waals surface area contributed by atoms with E-state index in [1.807, 2.05) is 0 Å². The summed E-state index contributed by atoms with van der Waals surface area (Å²) in [6, 6.07) is 2.45. The van der Waals surface area contributed by atoms with Gasteiger partial charge in [-0.25, -0.2) is 4.39 Å². The molecule has 3 nitrogen and oxygen atoms in total. The summed E-state index contributed by atoms with van der Waals surface area (Å²) < 4.78 is 73.4. The molecule has 1 rings (SSSR count). The predicted octanol–water partition coefficient (Wildman–Crippen LogP) is 2.66. The zero-order valence-corrected chi connectivity index (χ0v) is 10.2. The molecule has 0 fully saturated rings. The Balaban J connectivity index is 3.07. The van der Waals surface area contributed by atoms with Gasteiger partial charge < -0.3 is 4.18 Å². The van der Waals surface area contributed by atoms with Crippen LogP contribution in [0, 0.1) is 9.39 Å². The van der Waals surface area contributed by atoms with Crippen LogP contribution in [0.15, 0.2) is 18.2 Å². The van der Waals surface area contributed by atoms with Crippen LogP contribution in [-0.4, -0.2) is 13.9 Å². The van der Waals surface area contributed by atoms with E-state index >= 15 is 0 Å². The maximum Gasteiger partial charge on any atom is 0.534 e. The van der Waals surface area contributed by atoms with Crippen molar-refractivity contribution in [2.24, 2.45) is 0 Å². The maximum atomic E-state index is 12.6. The van der Waals surface area contributed by atoms with E-state index < -0.39 is 27.2 Å². The molecule has 0 bridgehead atoms. The topological polar surface area (TPSA) is 43.4 Å². The third-order valence-electron chi connectivity index (χ3n) is 1.38. The van der Waals surface area contributed by atoms with Crippen molar-refractivity contribution in [3.8, 4) is 5.75 Å². The third-order valence-corrected chi connectivity index (χ3v) is 3.19. The first-order chi connectivity index (χ1) is 7.13. The first kappa shape index (κ1) is 13.5. The second-order valence-electron chi connectivity index (χ2n) is 2.56. The van der Waals surface area contributed by atoms with Crippen LogP contribution >= 0.6 is 22.6 Å². The normalized spacial score (nSPS) is 12.6. The molecule has 0 spiro atoms. The molecule has 16 heavy (non-hydrogen) atoms. The SMILES string of the molecule is O=S(=O)(Oc1ccc(F)cc1I)C(F)(F)F. The number of hydrogen-bond donors (Lipinski definition) is 0. The molecule has 0 saturated carbocycles. The molecule has 9 heteroatoms. The molecule has 1 aromatic rings. The van der Waals surface area contributed by atoms with E-state index in [1.165, 1.54) is 22.6 Å². The van der Waals surface area contributed by atoms with Crippen molar-refractivity contribution in [1.29, 1.82) is 0 Å². The highest BCUT2D eigenvalue weighted by atomic mass is 127. The Labute approximate surface area is 102 Å². The van der Waals surface area contributed by atoms with Gasteiger partial charge in [0, 0.05) is 0 Å². The van der Waals surface area contributed by atoms with Crippen molar-refractivity contribution in [2.75, 3.05) is 0 Å². The van der Waals surface area contributed by atoms with Gasteiger partial charge in [0.05, 0.1) is 3.57 Å². The lowest BCUT2D eigenvalue weighted by atomic mass is 10.3. The smallest absolute Gasteiger partial charge is 0.375 e. The fourth-order valence-corrected chi connectivity index (χ4v) is 1.92. The molecule has 1 aromatic carbocycles. The van der Waals surface area contributed by atoms with Gasteiger partial charge in [-0.15, -0.1) is 0 Å². The van der Waals surface area contributed by atoms with Crippen molar-refractivity contribution in [2.45, 2.75) is 5.51 Å². The molecule has 0 saturated heterocycles. The highest BCUT2D eigenvalue weighted by molar-refractivity contribution is 14.1. The van der Waals surface area contributed by atoms with Crippen LogP contribution in [0.4, 0.5) is 17.6 Å². The van der Waals surface area contributed by atoms with E-state index in [2.05, 4.69) is 4.18 Å². The predicted molar refractivity (Wildman–Crippen MR) is 54.7 cm³/mol. The number of alkyl halides is 3. The van der Waals surface area contributed by atoms with Crippen LogP contribution in [0.5, 0.6) is 5.75 Å². The maximum absolute atomic E-state index is 12.6. The van der Waals surface area contributed by atoms with E-state index in [0.29, 0.717) is 0 Å². The van der Waals surface area contributed by atoms with Crippen LogP contribution in [0.1, 0.15) is 0 Å². The molecule has 0 aliphatic rings. The van der Waals surface area contributed by atoms with Gasteiger partial charge in [-0.05, 0) is 40.8 Å². The van der Waals surface area contributed by atoms with E-state index in [4.69, 9.17) is 0 Å². The Morgan fingerprint density at radius 3 is 2.25 bits per heavy atom. The van der Waals surface area contributed by atoms with Crippen molar-refractivity contribution < 1.29 is 30.2 Å². The zero-order chi connectivity index (χ0) is 12.6. The van der Waals surface area contributed by atoms with Crippen LogP contribution in [0.25, 0.3) is 0 Å². The highest BCUT2D eigenvalue weighted by Gasteiger charge is 2.48. The summed E-state index contributed by atoms with van der Waals surface area (Å²) in [7, 11) is -5.71. The Kier molecular flexibility index (Phi) is 3.67. The van der Waals surface area contributed by atoms with E-state index in [-0.39, 0.29) is 3.57 Å². The van der Waals surface area contributed by atoms with Gasteiger partial charge in [0.15, 0.2) is 5.75 Å². The molecule has 0 aliphatic heterocycles. The highest BCUT2D eigenvalue weighted by Crippen LogP contribution is 2.29. The van der Waals surface area contributed by atoms with Crippen molar-refractivity contribution in [1.82, 2.24) is 0 Å². The third kappa shape index (κ3) is 2.97. The van der Waals surface area contributed by atoms with Crippen molar-refractivity contribution in [3.05, 3.63) is 27.6 Å². The molecule has 0 N–H and O–H groups in total. The van der Waals surface area contributed by atoms with Gasteiger partial charge in [0.25, 0.3) is 0 Å². The van der Waals surface area contributed by atoms with E-state index in [1.54, 1.807) is 0 Å². The van der Waals surface area contributed by atoms with Crippen molar-refractivity contribution in [3.63, 3.8) is 0 Å². The van der Waals surface area contributed by atoms with Gasteiger partial charge in [-0.2, -0.15) is 21.6 Å². The largest absolute Gasteiger partial charge is 0.534 e. The Bertz CT molecular complexity index is 497. The first-order valence-corrected chi connectivity index (χ1v) is 6.08. The minimum atomic E-state index is -5.71. The molecule has 0 unspecified atom stereocenters. The lowest BCUT2D eigenvalue weighted by Gasteiger charge is -2.10. The second kappa shape index (κ2) is 4.35. The van der Waals surface area contributed by atoms with Gasteiger partial charge in [-0.1, -0.05) is 0 Å². The summed E-state index contributed by atoms with van der Waals surface area (Å²) in [5, 5.41) is 0. The summed E-state index contributed by atoms with van der Waals surface area (Å²) in [6.45, 7) is 0. The number of benzene rings is 1. The Hall–Kier alpha value is -0.580. The average Bonchev–Trinajstić information content (AvgIpc) is 2.08. The van der Waals surface area contributed by atoms with E-state index in [9.17, 15) is 26.0 Å². The lowest BCUT2D eigenvalue weighted by molar-refractivity contribution is -0.0500. The second-order valence-corrected chi connectivity index (χ2v) is 5.26. The van der Waals surface area contributed by atoms with E-state index in [0.717, 1.165) is 18.2 Å². The fraction of sp³-hybridized carbons (Fsp3) is 0.143. The molecular formula is C7H3F4IO3S. The van der Waals surface area contributed by atoms with Crippen molar-refractivity contribution >= 4 is 32.7 Å². The van der Waals surface area contributed by atoms with Crippen LogP contribution < -0.4 is 4.18 Å². The summed E-state index contributed by atoms with van der Waals surface area (Å²) in [5.74, 6) is -1.28. The molecule has 0 radical (unpaired) electrons. The zero-order valence-electron chi connectivity index (χ0n) is 7.25. The number of halogens is 5. The Morgan fingerprint density at radius 2 is 1.81 bits per heavy atom. The standard InChI is InChI=1S/C7H3F4IO3S/c8-4-1-2-6(5(12)3-4)15-16(13,14)7(9,10)11/h1-3H. The minimum Gasteiger partial charge on any atom is -0.375 e. The number of rotatable bonds is 2. The van der Waals surface area contributed by atoms with Crippen LogP contribution in [0.2, 0.25) is 0 Å². The van der Waals surface area contributed by atoms with Crippen LogP contribution in [0.3, 0.4) is 0 Å². The van der Waals surface area contributed by atoms with Gasteiger partial charge >= 0.3 is 15.6 Å².